The molecular formula is C9H8O4S. The zero-order valence-corrected chi connectivity index (χ0v) is 8.21. The fourth-order valence-corrected chi connectivity index (χ4v) is 1.30. The summed E-state index contributed by atoms with van der Waals surface area (Å²) in [5.41, 5.74) is 0.360. The zero-order chi connectivity index (χ0) is 10.9. The van der Waals surface area contributed by atoms with Gasteiger partial charge in [-0.1, -0.05) is 0 Å². The van der Waals surface area contributed by atoms with Gasteiger partial charge in [0.1, 0.15) is 0 Å². The SMILES string of the molecule is Cc1c(S)cc(C(=O)O)cc1C(=O)O. The second-order valence-electron chi connectivity index (χ2n) is 2.78. The maximum Gasteiger partial charge on any atom is 0.336 e. The molecule has 0 radical (unpaired) electrons. The highest BCUT2D eigenvalue weighted by molar-refractivity contribution is 7.80. The van der Waals surface area contributed by atoms with Gasteiger partial charge in [0.15, 0.2) is 0 Å². The molecule has 0 saturated heterocycles. The molecule has 4 nitrogen and oxygen atoms in total. The van der Waals surface area contributed by atoms with Gasteiger partial charge in [0.2, 0.25) is 0 Å². The third-order valence-electron chi connectivity index (χ3n) is 1.86. The maximum absolute atomic E-state index is 10.7. The van der Waals surface area contributed by atoms with Crippen LogP contribution in [0, 0.1) is 6.92 Å². The lowest BCUT2D eigenvalue weighted by molar-refractivity contribution is 0.0695. The van der Waals surface area contributed by atoms with Gasteiger partial charge in [-0.3, -0.25) is 0 Å². The van der Waals surface area contributed by atoms with Crippen LogP contribution in [0.15, 0.2) is 17.0 Å². The van der Waals surface area contributed by atoms with Crippen LogP contribution in [0.5, 0.6) is 0 Å². The smallest absolute Gasteiger partial charge is 0.336 e. The standard InChI is InChI=1S/C9H8O4S/c1-4-6(9(12)13)2-5(8(10)11)3-7(4)14/h2-3,14H,1H3,(H,10,11)(H,12,13). The van der Waals surface area contributed by atoms with Gasteiger partial charge in [-0.15, -0.1) is 12.6 Å². The minimum Gasteiger partial charge on any atom is -0.478 e. The highest BCUT2D eigenvalue weighted by Crippen LogP contribution is 2.20. The molecule has 0 heterocycles. The molecule has 0 bridgehead atoms. The summed E-state index contributed by atoms with van der Waals surface area (Å²) in [5.74, 6) is -2.32. The van der Waals surface area contributed by atoms with Crippen molar-refractivity contribution in [1.82, 2.24) is 0 Å². The summed E-state index contributed by atoms with van der Waals surface area (Å²) in [6.07, 6.45) is 0. The van der Waals surface area contributed by atoms with Crippen molar-refractivity contribution in [2.45, 2.75) is 11.8 Å². The molecule has 14 heavy (non-hydrogen) atoms. The first kappa shape index (κ1) is 10.6. The molecule has 0 amide bonds. The van der Waals surface area contributed by atoms with Crippen LogP contribution in [0.1, 0.15) is 26.3 Å². The van der Waals surface area contributed by atoms with E-state index in [1.165, 1.54) is 6.07 Å². The Morgan fingerprint density at radius 1 is 1.21 bits per heavy atom. The number of hydrogen-bond acceptors (Lipinski definition) is 3. The highest BCUT2D eigenvalue weighted by Gasteiger charge is 2.14. The van der Waals surface area contributed by atoms with E-state index in [9.17, 15) is 9.59 Å². The van der Waals surface area contributed by atoms with Crippen LogP contribution in [-0.2, 0) is 0 Å². The van der Waals surface area contributed by atoms with Gasteiger partial charge in [-0.2, -0.15) is 0 Å². The van der Waals surface area contributed by atoms with E-state index in [-0.39, 0.29) is 11.1 Å². The van der Waals surface area contributed by atoms with Crippen LogP contribution in [0.2, 0.25) is 0 Å². The summed E-state index contributed by atoms with van der Waals surface area (Å²) in [4.78, 5) is 21.7. The van der Waals surface area contributed by atoms with E-state index >= 15 is 0 Å². The summed E-state index contributed by atoms with van der Waals surface area (Å²) >= 11 is 4.00. The number of thiol groups is 1. The number of carbonyl (C=O) groups is 2. The van der Waals surface area contributed by atoms with Crippen molar-refractivity contribution >= 4 is 24.6 Å². The van der Waals surface area contributed by atoms with Crippen molar-refractivity contribution < 1.29 is 19.8 Å². The van der Waals surface area contributed by atoms with E-state index in [0.717, 1.165) is 6.07 Å². The average molecular weight is 212 g/mol. The Bertz CT molecular complexity index is 412. The predicted molar refractivity (Wildman–Crippen MR) is 52.3 cm³/mol. The number of aromatic carboxylic acids is 2. The Morgan fingerprint density at radius 3 is 2.21 bits per heavy atom. The van der Waals surface area contributed by atoms with Crippen molar-refractivity contribution in [2.24, 2.45) is 0 Å². The van der Waals surface area contributed by atoms with Crippen LogP contribution in [-0.4, -0.2) is 22.2 Å². The van der Waals surface area contributed by atoms with Crippen molar-refractivity contribution in [3.05, 3.63) is 28.8 Å². The molecule has 0 aliphatic rings. The second kappa shape index (κ2) is 3.71. The number of benzene rings is 1. The number of carboxylic acid groups (broad SMARTS) is 2. The first-order chi connectivity index (χ1) is 6.43. The lowest BCUT2D eigenvalue weighted by Gasteiger charge is -2.05. The van der Waals surface area contributed by atoms with E-state index in [2.05, 4.69) is 12.6 Å². The van der Waals surface area contributed by atoms with Crippen molar-refractivity contribution in [3.8, 4) is 0 Å². The third-order valence-corrected chi connectivity index (χ3v) is 2.32. The van der Waals surface area contributed by atoms with Crippen LogP contribution < -0.4 is 0 Å². The Labute approximate surface area is 85.6 Å². The first-order valence-electron chi connectivity index (χ1n) is 3.73. The Kier molecular flexibility index (Phi) is 2.81. The Hall–Kier alpha value is -1.49. The molecule has 1 aromatic rings. The van der Waals surface area contributed by atoms with Crippen LogP contribution in [0.25, 0.3) is 0 Å². The zero-order valence-electron chi connectivity index (χ0n) is 7.31. The summed E-state index contributed by atoms with van der Waals surface area (Å²) in [5, 5.41) is 17.4. The molecule has 0 spiro atoms. The van der Waals surface area contributed by atoms with Gasteiger partial charge >= 0.3 is 11.9 Å². The van der Waals surface area contributed by atoms with Crippen molar-refractivity contribution in [2.75, 3.05) is 0 Å². The topological polar surface area (TPSA) is 74.6 Å². The van der Waals surface area contributed by atoms with Crippen LogP contribution in [0.3, 0.4) is 0 Å². The number of carboxylic acids is 2. The molecule has 0 aliphatic heterocycles. The third kappa shape index (κ3) is 1.88. The Balaban J connectivity index is 3.43. The molecule has 1 aromatic carbocycles. The van der Waals surface area contributed by atoms with E-state index in [1.807, 2.05) is 0 Å². The van der Waals surface area contributed by atoms with E-state index in [1.54, 1.807) is 6.92 Å². The van der Waals surface area contributed by atoms with Gasteiger partial charge in [-0.05, 0) is 24.6 Å². The number of rotatable bonds is 2. The van der Waals surface area contributed by atoms with Gasteiger partial charge in [-0.25, -0.2) is 9.59 Å². The molecule has 0 aliphatic carbocycles. The molecule has 2 N–H and O–H groups in total. The summed E-state index contributed by atoms with van der Waals surface area (Å²) in [6.45, 7) is 1.58. The van der Waals surface area contributed by atoms with Crippen molar-refractivity contribution in [1.29, 1.82) is 0 Å². The van der Waals surface area contributed by atoms with Gasteiger partial charge in [0.05, 0.1) is 11.1 Å². The fraction of sp³-hybridized carbons (Fsp3) is 0.111. The molecule has 5 heteroatoms. The molecular weight excluding hydrogens is 204 g/mol. The Morgan fingerprint density at radius 2 is 1.79 bits per heavy atom. The van der Waals surface area contributed by atoms with E-state index in [0.29, 0.717) is 10.5 Å². The summed E-state index contributed by atoms with van der Waals surface area (Å²) in [6, 6.07) is 2.45. The minimum atomic E-state index is -1.16. The van der Waals surface area contributed by atoms with Gasteiger partial charge in [0.25, 0.3) is 0 Å². The van der Waals surface area contributed by atoms with Gasteiger partial charge < -0.3 is 10.2 Å². The van der Waals surface area contributed by atoms with Gasteiger partial charge in [0, 0.05) is 4.90 Å². The molecule has 0 aromatic heterocycles. The second-order valence-corrected chi connectivity index (χ2v) is 3.26. The minimum absolute atomic E-state index is 0.0325. The molecule has 1 rings (SSSR count). The normalized spacial score (nSPS) is 9.86. The number of hydrogen-bond donors (Lipinski definition) is 3. The molecule has 74 valence electrons. The molecule has 0 atom stereocenters. The average Bonchev–Trinajstić information content (AvgIpc) is 2.08. The summed E-state index contributed by atoms with van der Waals surface area (Å²) < 4.78 is 0. The van der Waals surface area contributed by atoms with E-state index < -0.39 is 11.9 Å². The largest absolute Gasteiger partial charge is 0.478 e. The summed E-state index contributed by atoms with van der Waals surface area (Å²) in [7, 11) is 0. The molecule has 0 unspecified atom stereocenters. The van der Waals surface area contributed by atoms with E-state index in [4.69, 9.17) is 10.2 Å². The maximum atomic E-state index is 10.7. The monoisotopic (exact) mass is 212 g/mol. The quantitative estimate of drug-likeness (QED) is 0.652. The lowest BCUT2D eigenvalue weighted by atomic mass is 10.1. The first-order valence-corrected chi connectivity index (χ1v) is 4.18. The van der Waals surface area contributed by atoms with Crippen LogP contribution >= 0.6 is 12.6 Å². The van der Waals surface area contributed by atoms with Crippen molar-refractivity contribution in [3.63, 3.8) is 0 Å². The van der Waals surface area contributed by atoms with Crippen LogP contribution in [0.4, 0.5) is 0 Å². The lowest BCUT2D eigenvalue weighted by Crippen LogP contribution is -2.05. The predicted octanol–water partition coefficient (Wildman–Crippen LogP) is 1.68. The molecule has 0 saturated carbocycles. The highest BCUT2D eigenvalue weighted by atomic mass is 32.1. The molecule has 0 fully saturated rings. The fourth-order valence-electron chi connectivity index (χ4n) is 1.04.